The van der Waals surface area contributed by atoms with Gasteiger partial charge in [0.15, 0.2) is 0 Å². The van der Waals surface area contributed by atoms with E-state index in [1.165, 1.54) is 76.1 Å². The third kappa shape index (κ3) is 5.10. The van der Waals surface area contributed by atoms with Crippen LogP contribution in [-0.2, 0) is 0 Å². The van der Waals surface area contributed by atoms with Gasteiger partial charge < -0.3 is 4.90 Å². The van der Waals surface area contributed by atoms with Crippen molar-refractivity contribution in [2.45, 2.75) is 0 Å². The molecule has 0 radical (unpaired) electrons. The topological polar surface area (TPSA) is 3.24 Å². The van der Waals surface area contributed by atoms with Crippen molar-refractivity contribution in [2.75, 3.05) is 4.90 Å². The van der Waals surface area contributed by atoms with E-state index in [1.807, 2.05) is 0 Å². The number of nitrogens with zero attached hydrogens (tertiary/aromatic N) is 1. The Bertz CT molecular complexity index is 2900. The quantitative estimate of drug-likeness (QED) is 0.168. The second-order valence-corrected chi connectivity index (χ2v) is 13.4. The Morgan fingerprint density at radius 1 is 0.235 bits per heavy atom. The minimum Gasteiger partial charge on any atom is -0.310 e. The summed E-state index contributed by atoms with van der Waals surface area (Å²) in [5, 5.41) is 12.6. The van der Waals surface area contributed by atoms with Crippen LogP contribution in [0.15, 0.2) is 200 Å². The molecule has 0 unspecified atom stereocenters. The van der Waals surface area contributed by atoms with Crippen LogP contribution in [0.1, 0.15) is 0 Å². The van der Waals surface area contributed by atoms with Crippen molar-refractivity contribution >= 4 is 70.9 Å². The van der Waals surface area contributed by atoms with Gasteiger partial charge in [-0.05, 0) is 113 Å². The van der Waals surface area contributed by atoms with Crippen molar-refractivity contribution in [3.63, 3.8) is 0 Å². The molecule has 0 aliphatic heterocycles. The fourth-order valence-corrected chi connectivity index (χ4v) is 7.81. The van der Waals surface area contributed by atoms with Crippen molar-refractivity contribution in [2.24, 2.45) is 0 Å². The fraction of sp³-hybridized carbons (Fsp3) is 0. The first-order chi connectivity index (χ1) is 25.3. The summed E-state index contributed by atoms with van der Waals surface area (Å²) in [6, 6.07) is 73.1. The Balaban J connectivity index is 1.10. The van der Waals surface area contributed by atoms with Gasteiger partial charge in [-0.15, -0.1) is 0 Å². The molecule has 0 saturated heterocycles. The Morgan fingerprint density at radius 3 is 1.33 bits per heavy atom. The predicted octanol–water partition coefficient (Wildman–Crippen LogP) is 14.3. The highest BCUT2D eigenvalue weighted by Gasteiger charge is 2.18. The molecule has 238 valence electrons. The van der Waals surface area contributed by atoms with Gasteiger partial charge in [-0.3, -0.25) is 0 Å². The molecule has 0 bridgehead atoms. The van der Waals surface area contributed by atoms with Gasteiger partial charge in [0.25, 0.3) is 0 Å². The number of hydrogen-bond acceptors (Lipinski definition) is 1. The zero-order valence-corrected chi connectivity index (χ0v) is 28.0. The van der Waals surface area contributed by atoms with E-state index in [9.17, 15) is 0 Å². The van der Waals surface area contributed by atoms with Gasteiger partial charge in [0.2, 0.25) is 0 Å². The first kappa shape index (κ1) is 29.2. The summed E-state index contributed by atoms with van der Waals surface area (Å²) in [4.78, 5) is 2.41. The van der Waals surface area contributed by atoms with Crippen molar-refractivity contribution in [3.05, 3.63) is 200 Å². The Kier molecular flexibility index (Phi) is 6.89. The number of fused-ring (bicyclic) bond motifs is 7. The standard InChI is InChI=1S/C50H33N/c1-2-11-38-31-39(19-17-34(38)9-1)35-21-26-43(27-22-35)51(50-33-41-12-4-6-14-46(41)48-15-7-8-16-49(48)50)44-28-23-36(24-29-44)40-25-30-47-42(32-40)20-18-37-10-3-5-13-45(37)47/h1-33H. The van der Waals surface area contributed by atoms with E-state index in [1.54, 1.807) is 0 Å². The maximum absolute atomic E-state index is 2.41. The normalized spacial score (nSPS) is 11.5. The highest BCUT2D eigenvalue weighted by atomic mass is 15.1. The Morgan fingerprint density at radius 2 is 0.647 bits per heavy atom. The van der Waals surface area contributed by atoms with Crippen LogP contribution in [0.2, 0.25) is 0 Å². The van der Waals surface area contributed by atoms with E-state index in [0.29, 0.717) is 0 Å². The number of hydrogen-bond donors (Lipinski definition) is 0. The first-order valence-corrected chi connectivity index (χ1v) is 17.6. The molecule has 0 saturated carbocycles. The molecule has 0 fully saturated rings. The van der Waals surface area contributed by atoms with E-state index in [2.05, 4.69) is 205 Å². The largest absolute Gasteiger partial charge is 0.310 e. The van der Waals surface area contributed by atoms with E-state index in [4.69, 9.17) is 0 Å². The van der Waals surface area contributed by atoms with E-state index in [-0.39, 0.29) is 0 Å². The first-order valence-electron chi connectivity index (χ1n) is 17.6. The van der Waals surface area contributed by atoms with Crippen molar-refractivity contribution in [1.29, 1.82) is 0 Å². The SMILES string of the molecule is c1ccc2cc(-c3ccc(N(c4ccc(-c5ccc6c(ccc7ccccc76)c5)cc4)c4cc5ccccc5c5ccccc45)cc3)ccc2c1. The van der Waals surface area contributed by atoms with Crippen LogP contribution < -0.4 is 4.90 Å². The van der Waals surface area contributed by atoms with Gasteiger partial charge in [-0.25, -0.2) is 0 Å². The molecule has 0 aromatic heterocycles. The average Bonchev–Trinajstić information content (AvgIpc) is 3.21. The second kappa shape index (κ2) is 12.0. The molecule has 0 aliphatic carbocycles. The smallest absolute Gasteiger partial charge is 0.0546 e. The van der Waals surface area contributed by atoms with Crippen LogP contribution in [0, 0.1) is 0 Å². The van der Waals surface area contributed by atoms with Crippen LogP contribution in [0.3, 0.4) is 0 Å². The van der Waals surface area contributed by atoms with Crippen LogP contribution in [-0.4, -0.2) is 0 Å². The summed E-state index contributed by atoms with van der Waals surface area (Å²) in [5.41, 5.74) is 8.22. The summed E-state index contributed by atoms with van der Waals surface area (Å²) in [6.07, 6.45) is 0. The average molecular weight is 648 g/mol. The second-order valence-electron chi connectivity index (χ2n) is 13.4. The lowest BCUT2D eigenvalue weighted by atomic mass is 9.97. The molecule has 0 aliphatic rings. The maximum Gasteiger partial charge on any atom is 0.0546 e. The molecule has 0 atom stereocenters. The van der Waals surface area contributed by atoms with Gasteiger partial charge in [0, 0.05) is 16.8 Å². The Hall–Kier alpha value is -6.70. The van der Waals surface area contributed by atoms with Crippen LogP contribution in [0.5, 0.6) is 0 Å². The summed E-state index contributed by atoms with van der Waals surface area (Å²) >= 11 is 0. The van der Waals surface area contributed by atoms with Gasteiger partial charge in [-0.1, -0.05) is 158 Å². The highest BCUT2D eigenvalue weighted by molar-refractivity contribution is 6.14. The zero-order chi connectivity index (χ0) is 33.7. The van der Waals surface area contributed by atoms with E-state index < -0.39 is 0 Å². The molecule has 1 heteroatoms. The van der Waals surface area contributed by atoms with Crippen LogP contribution >= 0.6 is 0 Å². The molecule has 1 nitrogen and oxygen atoms in total. The van der Waals surface area contributed by atoms with Gasteiger partial charge in [0.1, 0.15) is 0 Å². The van der Waals surface area contributed by atoms with Gasteiger partial charge in [0.05, 0.1) is 5.69 Å². The summed E-state index contributed by atoms with van der Waals surface area (Å²) in [6.45, 7) is 0. The van der Waals surface area contributed by atoms with Crippen LogP contribution in [0.25, 0.3) is 76.1 Å². The lowest BCUT2D eigenvalue weighted by Gasteiger charge is -2.28. The highest BCUT2D eigenvalue weighted by Crippen LogP contribution is 2.43. The molecule has 0 spiro atoms. The molecule has 0 amide bonds. The lowest BCUT2D eigenvalue weighted by molar-refractivity contribution is 1.30. The molecular formula is C50H33N. The third-order valence-electron chi connectivity index (χ3n) is 10.4. The van der Waals surface area contributed by atoms with Crippen molar-refractivity contribution in [1.82, 2.24) is 0 Å². The fourth-order valence-electron chi connectivity index (χ4n) is 7.81. The Labute approximate surface area is 297 Å². The van der Waals surface area contributed by atoms with Gasteiger partial charge >= 0.3 is 0 Å². The van der Waals surface area contributed by atoms with E-state index >= 15 is 0 Å². The zero-order valence-electron chi connectivity index (χ0n) is 28.0. The van der Waals surface area contributed by atoms with Gasteiger partial charge in [-0.2, -0.15) is 0 Å². The summed E-state index contributed by atoms with van der Waals surface area (Å²) in [5.74, 6) is 0. The molecule has 0 N–H and O–H groups in total. The molecule has 51 heavy (non-hydrogen) atoms. The number of anilines is 3. The van der Waals surface area contributed by atoms with Crippen molar-refractivity contribution < 1.29 is 0 Å². The summed E-state index contributed by atoms with van der Waals surface area (Å²) in [7, 11) is 0. The van der Waals surface area contributed by atoms with E-state index in [0.717, 1.165) is 17.1 Å². The molecule has 0 heterocycles. The van der Waals surface area contributed by atoms with Crippen molar-refractivity contribution in [3.8, 4) is 22.3 Å². The van der Waals surface area contributed by atoms with Crippen LogP contribution in [0.4, 0.5) is 17.1 Å². The maximum atomic E-state index is 2.41. The molecule has 10 aromatic rings. The third-order valence-corrected chi connectivity index (χ3v) is 10.4. The molecular weight excluding hydrogens is 615 g/mol. The summed E-state index contributed by atoms with van der Waals surface area (Å²) < 4.78 is 0. The monoisotopic (exact) mass is 647 g/mol. The minimum atomic E-state index is 1.12. The molecule has 10 rings (SSSR count). The molecule has 10 aromatic carbocycles. The minimum absolute atomic E-state index is 1.12. The lowest BCUT2D eigenvalue weighted by Crippen LogP contribution is -2.10. The number of benzene rings is 10. The predicted molar refractivity (Wildman–Crippen MR) is 220 cm³/mol. The number of rotatable bonds is 5.